The summed E-state index contributed by atoms with van der Waals surface area (Å²) in [7, 11) is 0. The topological polar surface area (TPSA) is 53.2 Å². The van der Waals surface area contributed by atoms with Gasteiger partial charge in [-0.2, -0.15) is 5.26 Å². The number of fused-ring (bicyclic) bond motifs is 1. The zero-order valence-corrected chi connectivity index (χ0v) is 11.8. The third kappa shape index (κ3) is 1.83. The van der Waals surface area contributed by atoms with E-state index in [9.17, 15) is 10.4 Å². The maximum absolute atomic E-state index is 10.3. The molecule has 1 aliphatic carbocycles. The maximum atomic E-state index is 10.3. The summed E-state index contributed by atoms with van der Waals surface area (Å²) < 4.78 is 6.22. The number of nitriles is 1. The van der Waals surface area contributed by atoms with Gasteiger partial charge in [0.05, 0.1) is 23.9 Å². The summed E-state index contributed by atoms with van der Waals surface area (Å²) in [5.41, 5.74) is 0.0514. The molecule has 1 unspecified atom stereocenters. The number of allylic oxidation sites excluding steroid dienone is 1. The third-order valence-electron chi connectivity index (χ3n) is 4.72. The number of ether oxygens (including phenoxy) is 1. The summed E-state index contributed by atoms with van der Waals surface area (Å²) in [6, 6.07) is 2.17. The predicted molar refractivity (Wildman–Crippen MR) is 70.0 cm³/mol. The Morgan fingerprint density at radius 2 is 2.11 bits per heavy atom. The van der Waals surface area contributed by atoms with Gasteiger partial charge in [-0.1, -0.05) is 27.7 Å². The van der Waals surface area contributed by atoms with E-state index in [0.29, 0.717) is 18.1 Å². The van der Waals surface area contributed by atoms with Gasteiger partial charge in [0.2, 0.25) is 0 Å². The number of aliphatic hydroxyl groups is 1. The lowest BCUT2D eigenvalue weighted by Gasteiger charge is -2.53. The molecule has 0 radical (unpaired) electrons. The van der Waals surface area contributed by atoms with Gasteiger partial charge in [0, 0.05) is 5.41 Å². The largest absolute Gasteiger partial charge is 0.511 e. The first-order chi connectivity index (χ1) is 8.35. The van der Waals surface area contributed by atoms with E-state index in [-0.39, 0.29) is 17.3 Å². The molecule has 3 atom stereocenters. The molecule has 1 N–H and O–H groups in total. The summed E-state index contributed by atoms with van der Waals surface area (Å²) >= 11 is 0. The van der Waals surface area contributed by atoms with Crippen LogP contribution in [0, 0.1) is 22.2 Å². The van der Waals surface area contributed by atoms with Gasteiger partial charge in [0.15, 0.2) is 0 Å². The maximum Gasteiger partial charge on any atom is 0.114 e. The first-order valence-electron chi connectivity index (χ1n) is 6.83. The average Bonchev–Trinajstić information content (AvgIpc) is 2.34. The highest BCUT2D eigenvalue weighted by atomic mass is 16.5. The SMILES string of the molecule is CCC1CC[C@@]2(C)CC(C#N)=C(O)C(C)(C)[C@@H]2O1. The lowest BCUT2D eigenvalue weighted by Crippen LogP contribution is -2.54. The minimum atomic E-state index is -0.466. The highest BCUT2D eigenvalue weighted by Crippen LogP contribution is 2.54. The van der Waals surface area contributed by atoms with Crippen molar-refractivity contribution in [1.82, 2.24) is 0 Å². The van der Waals surface area contributed by atoms with E-state index in [2.05, 4.69) is 19.9 Å². The van der Waals surface area contributed by atoms with Gasteiger partial charge < -0.3 is 9.84 Å². The second-order valence-electron chi connectivity index (χ2n) is 6.58. The summed E-state index contributed by atoms with van der Waals surface area (Å²) in [5.74, 6) is 0.226. The Bertz CT molecular complexity index is 419. The van der Waals surface area contributed by atoms with Crippen LogP contribution >= 0.6 is 0 Å². The Balaban J connectivity index is 2.42. The summed E-state index contributed by atoms with van der Waals surface area (Å²) in [5, 5.41) is 19.5. The van der Waals surface area contributed by atoms with Crippen LogP contribution in [0.15, 0.2) is 11.3 Å². The molecule has 0 aromatic carbocycles. The van der Waals surface area contributed by atoms with Gasteiger partial charge in [-0.15, -0.1) is 0 Å². The van der Waals surface area contributed by atoms with E-state index in [4.69, 9.17) is 4.74 Å². The fourth-order valence-electron chi connectivity index (χ4n) is 3.66. The molecule has 0 aromatic heterocycles. The average molecular weight is 249 g/mol. The fraction of sp³-hybridized carbons (Fsp3) is 0.800. The molecular formula is C15H23NO2. The zero-order valence-electron chi connectivity index (χ0n) is 11.8. The van der Waals surface area contributed by atoms with Gasteiger partial charge in [-0.25, -0.2) is 0 Å². The summed E-state index contributed by atoms with van der Waals surface area (Å²) in [4.78, 5) is 0. The van der Waals surface area contributed by atoms with Crippen molar-refractivity contribution in [2.45, 2.75) is 65.6 Å². The van der Waals surface area contributed by atoms with Gasteiger partial charge in [-0.05, 0) is 31.1 Å². The van der Waals surface area contributed by atoms with Crippen molar-refractivity contribution in [2.24, 2.45) is 10.8 Å². The van der Waals surface area contributed by atoms with Crippen molar-refractivity contribution in [3.05, 3.63) is 11.3 Å². The van der Waals surface area contributed by atoms with Crippen LogP contribution < -0.4 is 0 Å². The molecule has 0 spiro atoms. The van der Waals surface area contributed by atoms with Crippen LogP contribution in [-0.2, 0) is 4.74 Å². The highest BCUT2D eigenvalue weighted by molar-refractivity contribution is 5.34. The molecular weight excluding hydrogens is 226 g/mol. The molecule has 2 aliphatic rings. The number of aliphatic hydroxyl groups excluding tert-OH is 1. The van der Waals surface area contributed by atoms with Gasteiger partial charge in [0.1, 0.15) is 5.76 Å². The molecule has 3 nitrogen and oxygen atoms in total. The highest BCUT2D eigenvalue weighted by Gasteiger charge is 2.54. The van der Waals surface area contributed by atoms with Crippen LogP contribution in [0.25, 0.3) is 0 Å². The van der Waals surface area contributed by atoms with Crippen LogP contribution in [0.1, 0.15) is 53.4 Å². The van der Waals surface area contributed by atoms with Crippen LogP contribution in [0.4, 0.5) is 0 Å². The molecule has 0 bridgehead atoms. The van der Waals surface area contributed by atoms with Crippen molar-refractivity contribution in [1.29, 1.82) is 5.26 Å². The van der Waals surface area contributed by atoms with Crippen molar-refractivity contribution in [2.75, 3.05) is 0 Å². The minimum absolute atomic E-state index is 0.000741. The van der Waals surface area contributed by atoms with Crippen molar-refractivity contribution >= 4 is 0 Å². The third-order valence-corrected chi connectivity index (χ3v) is 4.72. The van der Waals surface area contributed by atoms with E-state index in [1.54, 1.807) is 0 Å². The molecule has 0 aromatic rings. The quantitative estimate of drug-likeness (QED) is 0.770. The molecule has 0 amide bonds. The Morgan fingerprint density at radius 1 is 1.44 bits per heavy atom. The van der Waals surface area contributed by atoms with Gasteiger partial charge >= 0.3 is 0 Å². The molecule has 100 valence electrons. The van der Waals surface area contributed by atoms with Crippen molar-refractivity contribution in [3.63, 3.8) is 0 Å². The number of hydrogen-bond donors (Lipinski definition) is 1. The smallest absolute Gasteiger partial charge is 0.114 e. The second-order valence-corrected chi connectivity index (χ2v) is 6.58. The van der Waals surface area contributed by atoms with Gasteiger partial charge in [0.25, 0.3) is 0 Å². The first kappa shape index (κ1) is 13.4. The van der Waals surface area contributed by atoms with Crippen LogP contribution in [0.5, 0.6) is 0 Å². The monoisotopic (exact) mass is 249 g/mol. The van der Waals surface area contributed by atoms with Crippen LogP contribution in [0.2, 0.25) is 0 Å². The fourth-order valence-corrected chi connectivity index (χ4v) is 3.66. The number of nitrogens with zero attached hydrogens (tertiary/aromatic N) is 1. The van der Waals surface area contributed by atoms with E-state index >= 15 is 0 Å². The van der Waals surface area contributed by atoms with Crippen LogP contribution in [-0.4, -0.2) is 17.3 Å². The Morgan fingerprint density at radius 3 is 2.67 bits per heavy atom. The number of rotatable bonds is 1. The molecule has 18 heavy (non-hydrogen) atoms. The van der Waals surface area contributed by atoms with Gasteiger partial charge in [-0.3, -0.25) is 0 Å². The van der Waals surface area contributed by atoms with E-state index in [1.807, 2.05) is 13.8 Å². The lowest BCUT2D eigenvalue weighted by molar-refractivity contribution is -0.176. The number of hydrogen-bond acceptors (Lipinski definition) is 3. The van der Waals surface area contributed by atoms with Crippen molar-refractivity contribution in [3.8, 4) is 6.07 Å². The molecule has 1 heterocycles. The predicted octanol–water partition coefficient (Wildman–Crippen LogP) is 3.72. The van der Waals surface area contributed by atoms with Crippen molar-refractivity contribution < 1.29 is 9.84 Å². The first-order valence-corrected chi connectivity index (χ1v) is 6.83. The second kappa shape index (κ2) is 4.28. The van der Waals surface area contributed by atoms with E-state index in [0.717, 1.165) is 19.3 Å². The normalized spacial score (nSPS) is 39.1. The molecule has 1 aliphatic heterocycles. The summed E-state index contributed by atoms with van der Waals surface area (Å²) in [6.07, 6.45) is 4.06. The molecule has 1 saturated heterocycles. The standard InChI is InChI=1S/C15H23NO2/c1-5-11-6-7-15(4)8-10(9-16)12(17)14(2,3)13(15)18-11/h11,13,17H,5-8H2,1-4H3/t11?,13-,15-/m0/s1. The zero-order chi connectivity index (χ0) is 13.6. The molecule has 0 saturated carbocycles. The Kier molecular flexibility index (Phi) is 3.19. The molecule has 3 heteroatoms. The van der Waals surface area contributed by atoms with Crippen LogP contribution in [0.3, 0.4) is 0 Å². The van der Waals surface area contributed by atoms with E-state index < -0.39 is 5.41 Å². The lowest BCUT2D eigenvalue weighted by atomic mass is 9.59. The minimum Gasteiger partial charge on any atom is -0.511 e. The summed E-state index contributed by atoms with van der Waals surface area (Å²) in [6.45, 7) is 8.30. The molecule has 2 rings (SSSR count). The Hall–Kier alpha value is -1.01. The Labute approximate surface area is 109 Å². The van der Waals surface area contributed by atoms with E-state index in [1.165, 1.54) is 0 Å². The molecule has 1 fully saturated rings.